The van der Waals surface area contributed by atoms with Crippen LogP contribution >= 0.6 is 11.3 Å². The van der Waals surface area contributed by atoms with Gasteiger partial charge >= 0.3 is 0 Å². The standard InChI is InChI=1S/C13H16N2S/c1-10(12-3-6-14-7-4-12)15-11(2)13-5-8-16-9-13/h3-11,15H,1-2H3/t10-,11?/m1/s1. The summed E-state index contributed by atoms with van der Waals surface area (Å²) in [5.41, 5.74) is 2.63. The van der Waals surface area contributed by atoms with E-state index in [1.54, 1.807) is 11.3 Å². The Labute approximate surface area is 100 Å². The van der Waals surface area contributed by atoms with Crippen molar-refractivity contribution in [2.75, 3.05) is 0 Å². The molecule has 0 spiro atoms. The summed E-state index contributed by atoms with van der Waals surface area (Å²) in [5.74, 6) is 0. The first-order valence-corrected chi connectivity index (χ1v) is 6.39. The summed E-state index contributed by atoms with van der Waals surface area (Å²) in [6.45, 7) is 4.37. The van der Waals surface area contributed by atoms with Crippen LogP contribution in [-0.4, -0.2) is 4.98 Å². The van der Waals surface area contributed by atoms with Crippen molar-refractivity contribution in [3.8, 4) is 0 Å². The van der Waals surface area contributed by atoms with Crippen LogP contribution in [0.25, 0.3) is 0 Å². The molecule has 1 unspecified atom stereocenters. The fourth-order valence-corrected chi connectivity index (χ4v) is 2.50. The van der Waals surface area contributed by atoms with Crippen molar-refractivity contribution in [2.24, 2.45) is 0 Å². The highest BCUT2D eigenvalue weighted by Crippen LogP contribution is 2.20. The van der Waals surface area contributed by atoms with Crippen molar-refractivity contribution in [1.82, 2.24) is 10.3 Å². The zero-order chi connectivity index (χ0) is 11.4. The third kappa shape index (κ3) is 2.68. The number of hydrogen-bond donors (Lipinski definition) is 1. The molecule has 0 aliphatic rings. The minimum Gasteiger partial charge on any atom is -0.304 e. The molecular weight excluding hydrogens is 216 g/mol. The molecule has 2 aromatic rings. The van der Waals surface area contributed by atoms with Gasteiger partial charge < -0.3 is 5.32 Å². The van der Waals surface area contributed by atoms with Gasteiger partial charge in [0.05, 0.1) is 0 Å². The number of thiophene rings is 1. The lowest BCUT2D eigenvalue weighted by Crippen LogP contribution is -2.22. The third-order valence-corrected chi connectivity index (χ3v) is 3.45. The van der Waals surface area contributed by atoms with E-state index < -0.39 is 0 Å². The van der Waals surface area contributed by atoms with Crippen LogP contribution in [0.5, 0.6) is 0 Å². The lowest BCUT2D eigenvalue weighted by Gasteiger charge is -2.19. The molecule has 2 aromatic heterocycles. The Morgan fingerprint density at radius 2 is 1.75 bits per heavy atom. The maximum atomic E-state index is 4.03. The van der Waals surface area contributed by atoms with Gasteiger partial charge in [0.2, 0.25) is 0 Å². The predicted molar refractivity (Wildman–Crippen MR) is 68.5 cm³/mol. The molecule has 0 fully saturated rings. The van der Waals surface area contributed by atoms with Crippen LogP contribution in [0.4, 0.5) is 0 Å². The molecule has 0 aliphatic carbocycles. The number of pyridine rings is 1. The smallest absolute Gasteiger partial charge is 0.0305 e. The zero-order valence-corrected chi connectivity index (χ0v) is 10.4. The first kappa shape index (κ1) is 11.3. The molecule has 0 aliphatic heterocycles. The summed E-state index contributed by atoms with van der Waals surface area (Å²) >= 11 is 1.74. The Hall–Kier alpha value is -1.19. The van der Waals surface area contributed by atoms with Crippen LogP contribution in [-0.2, 0) is 0 Å². The molecule has 0 amide bonds. The predicted octanol–water partition coefficient (Wildman–Crippen LogP) is 3.55. The number of hydrogen-bond acceptors (Lipinski definition) is 3. The van der Waals surface area contributed by atoms with E-state index >= 15 is 0 Å². The number of aromatic nitrogens is 1. The van der Waals surface area contributed by atoms with Crippen molar-refractivity contribution in [3.63, 3.8) is 0 Å². The van der Waals surface area contributed by atoms with Gasteiger partial charge in [0, 0.05) is 24.5 Å². The van der Waals surface area contributed by atoms with Crippen LogP contribution < -0.4 is 5.32 Å². The maximum Gasteiger partial charge on any atom is 0.0305 e. The van der Waals surface area contributed by atoms with Gasteiger partial charge in [-0.25, -0.2) is 0 Å². The zero-order valence-electron chi connectivity index (χ0n) is 9.55. The van der Waals surface area contributed by atoms with Gasteiger partial charge in [-0.3, -0.25) is 4.98 Å². The van der Waals surface area contributed by atoms with Gasteiger partial charge in [0.25, 0.3) is 0 Å². The molecule has 1 N–H and O–H groups in total. The second kappa shape index (κ2) is 5.23. The summed E-state index contributed by atoms with van der Waals surface area (Å²) in [5, 5.41) is 7.88. The van der Waals surface area contributed by atoms with Gasteiger partial charge in [-0.1, -0.05) is 0 Å². The summed E-state index contributed by atoms with van der Waals surface area (Å²) < 4.78 is 0. The Bertz CT molecular complexity index is 411. The number of nitrogens with one attached hydrogen (secondary N) is 1. The first-order chi connectivity index (χ1) is 7.77. The van der Waals surface area contributed by atoms with E-state index in [-0.39, 0.29) is 0 Å². The van der Waals surface area contributed by atoms with Crippen molar-refractivity contribution in [2.45, 2.75) is 25.9 Å². The molecule has 2 atom stereocenters. The fraction of sp³-hybridized carbons (Fsp3) is 0.308. The van der Waals surface area contributed by atoms with E-state index in [4.69, 9.17) is 0 Å². The maximum absolute atomic E-state index is 4.03. The van der Waals surface area contributed by atoms with E-state index in [2.05, 4.69) is 53.1 Å². The van der Waals surface area contributed by atoms with Gasteiger partial charge in [-0.05, 0) is 53.9 Å². The summed E-state index contributed by atoms with van der Waals surface area (Å²) in [6, 6.07) is 7.00. The topological polar surface area (TPSA) is 24.9 Å². The molecule has 0 aromatic carbocycles. The highest BCUT2D eigenvalue weighted by atomic mass is 32.1. The van der Waals surface area contributed by atoms with Gasteiger partial charge in [0.15, 0.2) is 0 Å². The molecule has 3 heteroatoms. The lowest BCUT2D eigenvalue weighted by atomic mass is 10.1. The van der Waals surface area contributed by atoms with Gasteiger partial charge in [0.1, 0.15) is 0 Å². The molecule has 0 radical (unpaired) electrons. The Morgan fingerprint density at radius 1 is 1.06 bits per heavy atom. The normalized spacial score (nSPS) is 14.6. The lowest BCUT2D eigenvalue weighted by molar-refractivity contribution is 0.495. The van der Waals surface area contributed by atoms with E-state index in [0.29, 0.717) is 12.1 Å². The molecule has 2 rings (SSSR count). The average molecular weight is 232 g/mol. The third-order valence-electron chi connectivity index (χ3n) is 2.75. The van der Waals surface area contributed by atoms with Crippen LogP contribution in [0.2, 0.25) is 0 Å². The van der Waals surface area contributed by atoms with Crippen LogP contribution in [0.1, 0.15) is 37.1 Å². The molecule has 84 valence electrons. The monoisotopic (exact) mass is 232 g/mol. The van der Waals surface area contributed by atoms with E-state index in [1.807, 2.05) is 12.4 Å². The molecule has 2 heterocycles. The molecule has 0 bridgehead atoms. The second-order valence-corrected chi connectivity index (χ2v) is 4.73. The fourth-order valence-electron chi connectivity index (χ4n) is 1.74. The molecule has 2 nitrogen and oxygen atoms in total. The van der Waals surface area contributed by atoms with Crippen LogP contribution in [0.3, 0.4) is 0 Å². The van der Waals surface area contributed by atoms with Crippen molar-refractivity contribution >= 4 is 11.3 Å². The molecule has 16 heavy (non-hydrogen) atoms. The summed E-state index contributed by atoms with van der Waals surface area (Å²) in [7, 11) is 0. The van der Waals surface area contributed by atoms with E-state index in [0.717, 1.165) is 0 Å². The molecular formula is C13H16N2S. The Morgan fingerprint density at radius 3 is 2.38 bits per heavy atom. The molecule has 0 saturated heterocycles. The van der Waals surface area contributed by atoms with Gasteiger partial charge in [-0.15, -0.1) is 0 Å². The first-order valence-electron chi connectivity index (χ1n) is 5.45. The quantitative estimate of drug-likeness (QED) is 0.872. The van der Waals surface area contributed by atoms with E-state index in [9.17, 15) is 0 Å². The number of rotatable bonds is 4. The highest BCUT2D eigenvalue weighted by molar-refractivity contribution is 7.07. The van der Waals surface area contributed by atoms with Crippen molar-refractivity contribution in [3.05, 3.63) is 52.5 Å². The highest BCUT2D eigenvalue weighted by Gasteiger charge is 2.10. The van der Waals surface area contributed by atoms with Crippen LogP contribution in [0.15, 0.2) is 41.4 Å². The SMILES string of the molecule is CC(N[C@H](C)c1ccncc1)c1ccsc1. The van der Waals surface area contributed by atoms with Crippen molar-refractivity contribution in [1.29, 1.82) is 0 Å². The Kier molecular flexibility index (Phi) is 3.70. The average Bonchev–Trinajstić information content (AvgIpc) is 2.83. The van der Waals surface area contributed by atoms with Crippen LogP contribution in [0, 0.1) is 0 Å². The second-order valence-electron chi connectivity index (χ2n) is 3.95. The summed E-state index contributed by atoms with van der Waals surface area (Å²) in [4.78, 5) is 4.03. The molecule has 0 saturated carbocycles. The van der Waals surface area contributed by atoms with Gasteiger partial charge in [-0.2, -0.15) is 11.3 Å². The largest absolute Gasteiger partial charge is 0.304 e. The number of nitrogens with zero attached hydrogens (tertiary/aromatic N) is 1. The van der Waals surface area contributed by atoms with E-state index in [1.165, 1.54) is 11.1 Å². The summed E-state index contributed by atoms with van der Waals surface area (Å²) in [6.07, 6.45) is 3.67. The minimum atomic E-state index is 0.345. The van der Waals surface area contributed by atoms with Crippen molar-refractivity contribution < 1.29 is 0 Å². The Balaban J connectivity index is 2.00. The minimum absolute atomic E-state index is 0.345.